The molecular weight excluding hydrogens is 533 g/mol. The van der Waals surface area contributed by atoms with Gasteiger partial charge in [0.15, 0.2) is 5.11 Å². The lowest BCUT2D eigenvalue weighted by Gasteiger charge is -2.16. The number of alkyl halides is 3. The first-order valence-electron chi connectivity index (χ1n) is 11.2. The van der Waals surface area contributed by atoms with Gasteiger partial charge < -0.3 is 10.1 Å². The zero-order valence-electron chi connectivity index (χ0n) is 20.5. The van der Waals surface area contributed by atoms with Crippen LogP contribution in [0.3, 0.4) is 0 Å². The standard InChI is InChI=1S/C27H21F3N4O2S2/c1-15-6-4-5-7-21(15)34-25(35)20(32-26(34)37)12-17-8-9-22(36-3)18(11-17)14-38-24-19(13-31)16(2)10-23(33-24)27(28,29)30/h4-12H,14H2,1-3H3,(H,32,37)/b20-12+. The van der Waals surface area contributed by atoms with Crippen molar-refractivity contribution in [3.05, 3.63) is 87.7 Å². The number of ether oxygens (including phenoxy) is 1. The molecule has 0 saturated carbocycles. The summed E-state index contributed by atoms with van der Waals surface area (Å²) in [5.74, 6) is 0.376. The fourth-order valence-electron chi connectivity index (χ4n) is 3.91. The van der Waals surface area contributed by atoms with Gasteiger partial charge in [0.1, 0.15) is 28.2 Å². The van der Waals surface area contributed by atoms with Crippen molar-refractivity contribution in [1.29, 1.82) is 5.26 Å². The maximum Gasteiger partial charge on any atom is 0.433 e. The summed E-state index contributed by atoms with van der Waals surface area (Å²) >= 11 is 6.41. The zero-order valence-corrected chi connectivity index (χ0v) is 22.1. The van der Waals surface area contributed by atoms with E-state index >= 15 is 0 Å². The van der Waals surface area contributed by atoms with Crippen LogP contribution in [0.4, 0.5) is 18.9 Å². The van der Waals surface area contributed by atoms with Crippen LogP contribution in [0.1, 0.15) is 33.5 Å². The van der Waals surface area contributed by atoms with Gasteiger partial charge in [0.25, 0.3) is 5.91 Å². The Kier molecular flexibility index (Phi) is 7.76. The molecule has 4 rings (SSSR count). The van der Waals surface area contributed by atoms with Gasteiger partial charge >= 0.3 is 6.18 Å². The van der Waals surface area contributed by atoms with Gasteiger partial charge in [-0.3, -0.25) is 9.69 Å². The summed E-state index contributed by atoms with van der Waals surface area (Å²) in [7, 11) is 1.48. The number of aromatic nitrogens is 1. The molecule has 1 N–H and O–H groups in total. The Labute approximate surface area is 227 Å². The first-order chi connectivity index (χ1) is 18.0. The molecule has 1 saturated heterocycles. The maximum atomic E-state index is 13.3. The fraction of sp³-hybridized carbons (Fsp3) is 0.185. The van der Waals surface area contributed by atoms with Gasteiger partial charge in [-0.1, -0.05) is 24.3 Å². The van der Waals surface area contributed by atoms with E-state index in [-0.39, 0.29) is 38.6 Å². The Balaban J connectivity index is 1.63. The highest BCUT2D eigenvalue weighted by atomic mass is 32.2. The molecule has 11 heteroatoms. The molecule has 0 atom stereocenters. The number of thioether (sulfide) groups is 1. The van der Waals surface area contributed by atoms with Crippen molar-refractivity contribution in [2.45, 2.75) is 30.8 Å². The topological polar surface area (TPSA) is 78.2 Å². The summed E-state index contributed by atoms with van der Waals surface area (Å²) in [6.07, 6.45) is -2.99. The average molecular weight is 555 g/mol. The minimum absolute atomic E-state index is 0.0162. The number of nitrogens with one attached hydrogen (secondary N) is 1. The number of nitrogens with zero attached hydrogens (tertiary/aromatic N) is 3. The molecule has 194 valence electrons. The number of amides is 1. The van der Waals surface area contributed by atoms with Crippen molar-refractivity contribution in [2.75, 3.05) is 12.0 Å². The number of hydrogen-bond acceptors (Lipinski definition) is 6. The summed E-state index contributed by atoms with van der Waals surface area (Å²) in [6, 6.07) is 15.4. The SMILES string of the molecule is COc1ccc(/C=C2/NC(=S)N(c3ccccc3C)C2=O)cc1CSc1nc(C(F)(F)F)cc(C)c1C#N. The Bertz CT molecular complexity index is 1510. The second-order valence-electron chi connectivity index (χ2n) is 8.39. The molecule has 1 aromatic heterocycles. The fourth-order valence-corrected chi connectivity index (χ4v) is 5.23. The molecule has 1 aliphatic heterocycles. The van der Waals surface area contributed by atoms with E-state index in [2.05, 4.69) is 10.3 Å². The molecule has 1 fully saturated rings. The van der Waals surface area contributed by atoms with Gasteiger partial charge in [-0.2, -0.15) is 18.4 Å². The minimum Gasteiger partial charge on any atom is -0.496 e. The van der Waals surface area contributed by atoms with E-state index in [1.165, 1.54) is 18.9 Å². The van der Waals surface area contributed by atoms with Crippen molar-refractivity contribution in [2.24, 2.45) is 0 Å². The van der Waals surface area contributed by atoms with E-state index in [4.69, 9.17) is 17.0 Å². The van der Waals surface area contributed by atoms with Crippen LogP contribution < -0.4 is 15.0 Å². The van der Waals surface area contributed by atoms with Gasteiger partial charge in [0, 0.05) is 11.3 Å². The predicted molar refractivity (Wildman–Crippen MR) is 144 cm³/mol. The lowest BCUT2D eigenvalue weighted by atomic mass is 10.1. The second kappa shape index (κ2) is 10.8. The van der Waals surface area contributed by atoms with Crippen LogP contribution >= 0.6 is 24.0 Å². The average Bonchev–Trinajstić information content (AvgIpc) is 3.14. The maximum absolute atomic E-state index is 13.3. The summed E-state index contributed by atoms with van der Waals surface area (Å²) in [5, 5.41) is 12.7. The van der Waals surface area contributed by atoms with Gasteiger partial charge in [0.05, 0.1) is 18.4 Å². The number of anilines is 1. The highest BCUT2D eigenvalue weighted by molar-refractivity contribution is 7.98. The summed E-state index contributed by atoms with van der Waals surface area (Å²) in [4.78, 5) is 18.3. The molecule has 1 amide bonds. The van der Waals surface area contributed by atoms with Crippen molar-refractivity contribution >= 4 is 46.8 Å². The molecule has 0 unspecified atom stereocenters. The highest BCUT2D eigenvalue weighted by Gasteiger charge is 2.34. The van der Waals surface area contributed by atoms with Crippen LogP contribution in [-0.2, 0) is 16.7 Å². The van der Waals surface area contributed by atoms with Crippen LogP contribution in [-0.4, -0.2) is 23.1 Å². The molecule has 2 heterocycles. The largest absolute Gasteiger partial charge is 0.496 e. The van der Waals surface area contributed by atoms with Crippen LogP contribution in [0, 0.1) is 25.2 Å². The number of nitriles is 1. The van der Waals surface area contributed by atoms with Crippen molar-refractivity contribution < 1.29 is 22.7 Å². The van der Waals surface area contributed by atoms with Crippen LogP contribution in [0.2, 0.25) is 0 Å². The number of carbonyl (C=O) groups is 1. The van der Waals surface area contributed by atoms with Crippen LogP contribution in [0.5, 0.6) is 5.75 Å². The number of rotatable bonds is 6. The molecule has 0 aliphatic carbocycles. The monoisotopic (exact) mass is 554 g/mol. The Morgan fingerprint density at radius 2 is 1.92 bits per heavy atom. The Hall–Kier alpha value is -3.88. The number of benzene rings is 2. The quantitative estimate of drug-likeness (QED) is 0.222. The van der Waals surface area contributed by atoms with E-state index in [1.807, 2.05) is 37.3 Å². The summed E-state index contributed by atoms with van der Waals surface area (Å²) < 4.78 is 45.3. The normalized spacial score (nSPS) is 14.6. The minimum atomic E-state index is -4.63. The molecule has 0 bridgehead atoms. The van der Waals surface area contributed by atoms with Gasteiger partial charge in [0.2, 0.25) is 0 Å². The van der Waals surface area contributed by atoms with E-state index in [1.54, 1.807) is 24.3 Å². The molecule has 1 aliphatic rings. The molecule has 0 spiro atoms. The number of thiocarbonyl (C=S) groups is 1. The third kappa shape index (κ3) is 5.51. The number of hydrogen-bond donors (Lipinski definition) is 1. The summed E-state index contributed by atoms with van der Waals surface area (Å²) in [5.41, 5.74) is 2.39. The first kappa shape index (κ1) is 27.2. The smallest absolute Gasteiger partial charge is 0.433 e. The number of carbonyl (C=O) groups excluding carboxylic acids is 1. The van der Waals surface area contributed by atoms with Crippen LogP contribution in [0.15, 0.2) is 59.3 Å². The lowest BCUT2D eigenvalue weighted by Crippen LogP contribution is -2.30. The second-order valence-corrected chi connectivity index (χ2v) is 9.74. The van der Waals surface area contributed by atoms with E-state index in [0.717, 1.165) is 23.4 Å². The third-order valence-electron chi connectivity index (χ3n) is 5.80. The molecular formula is C27H21F3N4O2S2. The number of pyridine rings is 1. The zero-order chi connectivity index (χ0) is 27.6. The van der Waals surface area contributed by atoms with Gasteiger partial charge in [-0.05, 0) is 73.1 Å². The van der Waals surface area contributed by atoms with Crippen molar-refractivity contribution in [3.63, 3.8) is 0 Å². The third-order valence-corrected chi connectivity index (χ3v) is 7.11. The van der Waals surface area contributed by atoms with E-state index < -0.39 is 11.9 Å². The Morgan fingerprint density at radius 3 is 2.58 bits per heavy atom. The molecule has 38 heavy (non-hydrogen) atoms. The molecule has 3 aromatic rings. The molecule has 2 aromatic carbocycles. The number of para-hydroxylation sites is 1. The lowest BCUT2D eigenvalue weighted by molar-refractivity contribution is -0.141. The van der Waals surface area contributed by atoms with Crippen LogP contribution in [0.25, 0.3) is 6.08 Å². The van der Waals surface area contributed by atoms with Gasteiger partial charge in [-0.25, -0.2) is 4.98 Å². The number of halogens is 3. The predicted octanol–water partition coefficient (Wildman–Crippen LogP) is 6.15. The highest BCUT2D eigenvalue weighted by Crippen LogP contribution is 2.35. The van der Waals surface area contributed by atoms with Crippen molar-refractivity contribution in [1.82, 2.24) is 10.3 Å². The van der Waals surface area contributed by atoms with Gasteiger partial charge in [-0.15, -0.1) is 11.8 Å². The van der Waals surface area contributed by atoms with Crippen molar-refractivity contribution in [3.8, 4) is 11.8 Å². The number of aryl methyl sites for hydroxylation is 2. The van der Waals surface area contributed by atoms with E-state index in [0.29, 0.717) is 22.6 Å². The first-order valence-corrected chi connectivity index (χ1v) is 12.6. The molecule has 0 radical (unpaired) electrons. The van der Waals surface area contributed by atoms with E-state index in [9.17, 15) is 23.2 Å². The molecule has 6 nitrogen and oxygen atoms in total. The summed E-state index contributed by atoms with van der Waals surface area (Å²) in [6.45, 7) is 3.34. The Morgan fingerprint density at radius 1 is 1.18 bits per heavy atom. The number of methoxy groups -OCH3 is 1.